The van der Waals surface area contributed by atoms with Crippen molar-refractivity contribution in [2.75, 3.05) is 18.6 Å². The van der Waals surface area contributed by atoms with Gasteiger partial charge in [0.15, 0.2) is 5.65 Å². The summed E-state index contributed by atoms with van der Waals surface area (Å²) in [5.41, 5.74) is 1.78. The molecule has 0 aliphatic carbocycles. The molecule has 0 radical (unpaired) electrons. The number of hydrogen-bond donors (Lipinski definition) is 0. The number of alkyl halides is 1. The molecule has 3 rings (SSSR count). The van der Waals surface area contributed by atoms with E-state index in [1.54, 1.807) is 7.11 Å². The van der Waals surface area contributed by atoms with Crippen LogP contribution in [0.2, 0.25) is 0 Å². The van der Waals surface area contributed by atoms with Gasteiger partial charge in [0, 0.05) is 12.6 Å². The Morgan fingerprint density at radius 3 is 2.81 bits per heavy atom. The number of hydrogen-bond acceptors (Lipinski definition) is 4. The Hall–Kier alpha value is -0.940. The molecule has 2 aromatic rings. The molecule has 1 fully saturated rings. The molecule has 1 aliphatic rings. The number of aromatic nitrogens is 3. The van der Waals surface area contributed by atoms with E-state index in [0.717, 1.165) is 23.5 Å². The Labute approximate surface area is 134 Å². The second-order valence-electron chi connectivity index (χ2n) is 5.45. The SMILES string of the molecule is COc1ccc2nc(C(C)Cl)n(CC3CCSCC3)c2n1. The summed E-state index contributed by atoms with van der Waals surface area (Å²) < 4.78 is 7.44. The summed E-state index contributed by atoms with van der Waals surface area (Å²) in [5, 5.41) is -0.122. The van der Waals surface area contributed by atoms with Gasteiger partial charge >= 0.3 is 0 Å². The number of ether oxygens (including phenoxy) is 1. The third-order valence-corrected chi connectivity index (χ3v) is 5.19. The molecule has 1 saturated heterocycles. The van der Waals surface area contributed by atoms with E-state index in [4.69, 9.17) is 16.3 Å². The molecule has 2 aromatic heterocycles. The number of thioether (sulfide) groups is 1. The van der Waals surface area contributed by atoms with Crippen molar-refractivity contribution < 1.29 is 4.74 Å². The quantitative estimate of drug-likeness (QED) is 0.800. The third kappa shape index (κ3) is 3.14. The highest BCUT2D eigenvalue weighted by Crippen LogP contribution is 2.29. The Morgan fingerprint density at radius 2 is 2.14 bits per heavy atom. The summed E-state index contributed by atoms with van der Waals surface area (Å²) in [4.78, 5) is 9.24. The van der Waals surface area contributed by atoms with E-state index in [-0.39, 0.29) is 5.38 Å². The number of pyridine rings is 1. The van der Waals surface area contributed by atoms with Crippen molar-refractivity contribution in [3.63, 3.8) is 0 Å². The third-order valence-electron chi connectivity index (χ3n) is 3.94. The molecule has 1 unspecified atom stereocenters. The number of imidazole rings is 1. The molecule has 0 spiro atoms. The molecule has 4 nitrogen and oxygen atoms in total. The lowest BCUT2D eigenvalue weighted by Gasteiger charge is -2.23. The van der Waals surface area contributed by atoms with Gasteiger partial charge in [-0.2, -0.15) is 16.7 Å². The van der Waals surface area contributed by atoms with E-state index in [2.05, 4.69) is 14.5 Å². The van der Waals surface area contributed by atoms with Crippen LogP contribution in [0.4, 0.5) is 0 Å². The monoisotopic (exact) mass is 325 g/mol. The molecule has 6 heteroatoms. The highest BCUT2D eigenvalue weighted by Gasteiger charge is 2.21. The van der Waals surface area contributed by atoms with Crippen LogP contribution in [0.3, 0.4) is 0 Å². The predicted molar refractivity (Wildman–Crippen MR) is 88.4 cm³/mol. The fourth-order valence-corrected chi connectivity index (χ4v) is 4.16. The van der Waals surface area contributed by atoms with Gasteiger partial charge in [-0.1, -0.05) is 0 Å². The first-order valence-electron chi connectivity index (χ1n) is 7.32. The summed E-state index contributed by atoms with van der Waals surface area (Å²) in [5.74, 6) is 4.72. The molecular weight excluding hydrogens is 306 g/mol. The van der Waals surface area contributed by atoms with Crippen LogP contribution in [0.5, 0.6) is 5.88 Å². The van der Waals surface area contributed by atoms with Crippen LogP contribution < -0.4 is 4.74 Å². The number of nitrogens with zero attached hydrogens (tertiary/aromatic N) is 3. The molecule has 0 amide bonds. The molecule has 0 aromatic carbocycles. The summed E-state index contributed by atoms with van der Waals surface area (Å²) in [6, 6.07) is 3.80. The molecule has 1 aliphatic heterocycles. The minimum atomic E-state index is -0.122. The van der Waals surface area contributed by atoms with Gasteiger partial charge in [0.25, 0.3) is 0 Å². The van der Waals surface area contributed by atoms with Gasteiger partial charge in [-0.05, 0) is 43.3 Å². The number of fused-ring (bicyclic) bond motifs is 1. The van der Waals surface area contributed by atoms with E-state index in [1.807, 2.05) is 30.8 Å². The van der Waals surface area contributed by atoms with E-state index in [0.29, 0.717) is 11.8 Å². The maximum absolute atomic E-state index is 6.32. The van der Waals surface area contributed by atoms with Crippen LogP contribution in [0, 0.1) is 5.92 Å². The summed E-state index contributed by atoms with van der Waals surface area (Å²) in [6.07, 6.45) is 2.51. The van der Waals surface area contributed by atoms with Gasteiger partial charge < -0.3 is 9.30 Å². The lowest BCUT2D eigenvalue weighted by atomic mass is 10.0. The molecule has 114 valence electrons. The zero-order chi connectivity index (χ0) is 14.8. The van der Waals surface area contributed by atoms with E-state index >= 15 is 0 Å². The van der Waals surface area contributed by atoms with Gasteiger partial charge in [0.1, 0.15) is 11.3 Å². The average molecular weight is 326 g/mol. The Balaban J connectivity index is 2.01. The molecule has 0 N–H and O–H groups in total. The Kier molecular flexibility index (Phi) is 4.60. The normalized spacial score (nSPS) is 18.0. The topological polar surface area (TPSA) is 39.9 Å². The molecule has 1 atom stereocenters. The van der Waals surface area contributed by atoms with Crippen molar-refractivity contribution in [2.24, 2.45) is 5.92 Å². The summed E-state index contributed by atoms with van der Waals surface area (Å²) in [6.45, 7) is 2.91. The first-order valence-corrected chi connectivity index (χ1v) is 8.91. The molecule has 3 heterocycles. The molecular formula is C15H20ClN3OS. The van der Waals surface area contributed by atoms with E-state index in [1.165, 1.54) is 24.3 Å². The molecule has 21 heavy (non-hydrogen) atoms. The number of halogens is 1. The second kappa shape index (κ2) is 6.44. The molecule has 0 saturated carbocycles. The fraction of sp³-hybridized carbons (Fsp3) is 0.600. The van der Waals surface area contributed by atoms with Crippen molar-refractivity contribution >= 4 is 34.5 Å². The lowest BCUT2D eigenvalue weighted by molar-refractivity contribution is 0.395. The minimum absolute atomic E-state index is 0.122. The second-order valence-corrected chi connectivity index (χ2v) is 7.33. The van der Waals surface area contributed by atoms with E-state index in [9.17, 15) is 0 Å². The summed E-state index contributed by atoms with van der Waals surface area (Å²) in [7, 11) is 1.64. The average Bonchev–Trinajstić information content (AvgIpc) is 2.86. The highest BCUT2D eigenvalue weighted by atomic mass is 35.5. The highest BCUT2D eigenvalue weighted by molar-refractivity contribution is 7.99. The Morgan fingerprint density at radius 1 is 1.38 bits per heavy atom. The van der Waals surface area contributed by atoms with Crippen LogP contribution in [0.15, 0.2) is 12.1 Å². The first kappa shape index (κ1) is 15.0. The Bertz CT molecular complexity index is 623. The van der Waals surface area contributed by atoms with E-state index < -0.39 is 0 Å². The lowest BCUT2D eigenvalue weighted by Crippen LogP contribution is -2.18. The minimum Gasteiger partial charge on any atom is -0.481 e. The van der Waals surface area contributed by atoms with Gasteiger partial charge in [-0.25, -0.2) is 4.98 Å². The first-order chi connectivity index (χ1) is 10.2. The fourth-order valence-electron chi connectivity index (χ4n) is 2.79. The summed E-state index contributed by atoms with van der Waals surface area (Å²) >= 11 is 8.37. The molecule has 0 bridgehead atoms. The predicted octanol–water partition coefficient (Wildman–Crippen LogP) is 3.88. The van der Waals surface area contributed by atoms with Crippen LogP contribution in [0.1, 0.15) is 31.0 Å². The number of rotatable bonds is 4. The van der Waals surface area contributed by atoms with Gasteiger partial charge in [0.05, 0.1) is 12.5 Å². The zero-order valence-corrected chi connectivity index (χ0v) is 14.0. The smallest absolute Gasteiger partial charge is 0.215 e. The van der Waals surface area contributed by atoms with Gasteiger partial charge in [-0.3, -0.25) is 0 Å². The largest absolute Gasteiger partial charge is 0.481 e. The van der Waals surface area contributed by atoms with Crippen LogP contribution in [-0.2, 0) is 6.54 Å². The van der Waals surface area contributed by atoms with Crippen LogP contribution >= 0.6 is 23.4 Å². The maximum Gasteiger partial charge on any atom is 0.215 e. The van der Waals surface area contributed by atoms with Crippen molar-refractivity contribution in [3.8, 4) is 5.88 Å². The maximum atomic E-state index is 6.32. The van der Waals surface area contributed by atoms with Crippen molar-refractivity contribution in [1.29, 1.82) is 0 Å². The zero-order valence-electron chi connectivity index (χ0n) is 12.4. The van der Waals surface area contributed by atoms with Crippen molar-refractivity contribution in [2.45, 2.75) is 31.7 Å². The van der Waals surface area contributed by atoms with Crippen molar-refractivity contribution in [3.05, 3.63) is 18.0 Å². The van der Waals surface area contributed by atoms with Gasteiger partial charge in [0.2, 0.25) is 5.88 Å². The van der Waals surface area contributed by atoms with Crippen molar-refractivity contribution in [1.82, 2.24) is 14.5 Å². The van der Waals surface area contributed by atoms with Crippen LogP contribution in [-0.4, -0.2) is 33.2 Å². The standard InChI is InChI=1S/C15H20ClN3OS/c1-10(16)14-17-12-3-4-13(20-2)18-15(12)19(14)9-11-5-7-21-8-6-11/h3-4,10-11H,5-9H2,1-2H3. The van der Waals surface area contributed by atoms with Crippen LogP contribution in [0.25, 0.3) is 11.2 Å². The van der Waals surface area contributed by atoms with Gasteiger partial charge in [-0.15, -0.1) is 11.6 Å². The number of methoxy groups -OCH3 is 1.